The van der Waals surface area contributed by atoms with Crippen molar-refractivity contribution in [2.24, 2.45) is 5.73 Å². The number of nitrogens with one attached hydrogen (secondary N) is 1. The zero-order chi connectivity index (χ0) is 33.7. The Morgan fingerprint density at radius 2 is 1.04 bits per heavy atom. The van der Waals surface area contributed by atoms with Crippen LogP contribution in [0, 0.1) is 0 Å². The van der Waals surface area contributed by atoms with E-state index in [1.807, 2.05) is 0 Å². The Balaban J connectivity index is 0. The maximum atomic E-state index is 13.5. The van der Waals surface area contributed by atoms with Crippen LogP contribution in [-0.2, 0) is 24.0 Å². The van der Waals surface area contributed by atoms with Crippen LogP contribution >= 0.6 is 0 Å². The van der Waals surface area contributed by atoms with Gasteiger partial charge >= 0.3 is 35.5 Å². The fourth-order valence-electron chi connectivity index (χ4n) is 5.55. The second-order valence-electron chi connectivity index (χ2n) is 12.4. The van der Waals surface area contributed by atoms with Crippen LogP contribution < -0.4 is 45.7 Å². The molecule has 0 aliphatic carbocycles. The summed E-state index contributed by atoms with van der Waals surface area (Å²) in [6.07, 6.45) is 19.4. The summed E-state index contributed by atoms with van der Waals surface area (Å²) in [6.45, 7) is 4.73. The van der Waals surface area contributed by atoms with Gasteiger partial charge in [0.25, 0.3) is 0 Å². The first kappa shape index (κ1) is 46.6. The largest absolute Gasteiger partial charge is 1.00 e. The van der Waals surface area contributed by atoms with Gasteiger partial charge in [0.15, 0.2) is 0 Å². The van der Waals surface area contributed by atoms with Crippen molar-refractivity contribution in [1.82, 2.24) is 10.2 Å². The number of imide groups is 1. The topological polar surface area (TPSA) is 170 Å². The van der Waals surface area contributed by atoms with Crippen molar-refractivity contribution in [2.45, 2.75) is 186 Å². The second-order valence-corrected chi connectivity index (χ2v) is 12.4. The number of rotatable bonds is 31. The van der Waals surface area contributed by atoms with Crippen molar-refractivity contribution in [2.75, 3.05) is 6.54 Å². The van der Waals surface area contributed by atoms with Crippen LogP contribution in [0.5, 0.6) is 0 Å². The molecular formula is C35H64N3NaO7. The Morgan fingerprint density at radius 1 is 0.630 bits per heavy atom. The van der Waals surface area contributed by atoms with Gasteiger partial charge in [0, 0.05) is 19.3 Å². The summed E-state index contributed by atoms with van der Waals surface area (Å²) in [5.41, 5.74) is 5.51. The molecule has 0 aliphatic heterocycles. The van der Waals surface area contributed by atoms with Crippen molar-refractivity contribution in [1.29, 1.82) is 0 Å². The van der Waals surface area contributed by atoms with E-state index >= 15 is 0 Å². The summed E-state index contributed by atoms with van der Waals surface area (Å²) in [6, 6.07) is -2.74. The Bertz CT molecular complexity index is 794. The maximum Gasteiger partial charge on any atom is 1.00 e. The average Bonchev–Trinajstić information content (AvgIpc) is 3.00. The van der Waals surface area contributed by atoms with Crippen LogP contribution in [-0.4, -0.2) is 58.3 Å². The van der Waals surface area contributed by atoms with Crippen LogP contribution in [0.15, 0.2) is 0 Å². The number of hydrogen-bond donors (Lipinski definition) is 3. The third-order valence-electron chi connectivity index (χ3n) is 8.32. The molecule has 10 nitrogen and oxygen atoms in total. The monoisotopic (exact) mass is 661 g/mol. The van der Waals surface area contributed by atoms with E-state index in [0.717, 1.165) is 56.3 Å². The van der Waals surface area contributed by atoms with E-state index < -0.39 is 48.2 Å². The molecule has 0 aromatic rings. The van der Waals surface area contributed by atoms with Gasteiger partial charge < -0.3 is 26.1 Å². The summed E-state index contributed by atoms with van der Waals surface area (Å²) in [5.74, 6) is -4.54. The van der Waals surface area contributed by atoms with Gasteiger partial charge in [-0.3, -0.25) is 24.1 Å². The molecule has 46 heavy (non-hydrogen) atoms. The normalized spacial score (nSPS) is 12.2. The minimum atomic E-state index is -1.48. The number of carbonyl (C=O) groups excluding carboxylic acids is 4. The van der Waals surface area contributed by atoms with Crippen molar-refractivity contribution < 1.29 is 63.7 Å². The second kappa shape index (κ2) is 32.1. The van der Waals surface area contributed by atoms with Gasteiger partial charge in [0.05, 0.1) is 12.0 Å². The number of carboxylic acid groups (broad SMARTS) is 2. The van der Waals surface area contributed by atoms with Crippen molar-refractivity contribution in [3.05, 3.63) is 0 Å². The molecule has 0 spiro atoms. The van der Waals surface area contributed by atoms with Gasteiger partial charge in [-0.05, 0) is 45.1 Å². The Labute approximate surface area is 301 Å². The van der Waals surface area contributed by atoms with Crippen LogP contribution in [0.25, 0.3) is 0 Å². The van der Waals surface area contributed by atoms with Crippen molar-refractivity contribution >= 4 is 29.7 Å². The van der Waals surface area contributed by atoms with Crippen LogP contribution in [0.1, 0.15) is 174 Å². The minimum absolute atomic E-state index is 0. The fourth-order valence-corrected chi connectivity index (χ4v) is 5.55. The predicted molar refractivity (Wildman–Crippen MR) is 176 cm³/mol. The number of nitrogens with two attached hydrogens (primary N) is 1. The number of carbonyl (C=O) groups is 5. The molecule has 2 atom stereocenters. The molecular weight excluding hydrogens is 597 g/mol. The maximum absolute atomic E-state index is 13.5. The van der Waals surface area contributed by atoms with E-state index in [1.165, 1.54) is 51.4 Å². The molecule has 0 radical (unpaired) electrons. The molecule has 3 amide bonds. The molecule has 262 valence electrons. The van der Waals surface area contributed by atoms with E-state index in [0.29, 0.717) is 32.2 Å². The molecule has 0 aromatic heterocycles. The van der Waals surface area contributed by atoms with Crippen LogP contribution in [0.3, 0.4) is 0 Å². The third kappa shape index (κ3) is 24.7. The molecule has 0 unspecified atom stereocenters. The molecule has 0 bridgehead atoms. The molecule has 0 heterocycles. The summed E-state index contributed by atoms with van der Waals surface area (Å²) in [7, 11) is 0. The van der Waals surface area contributed by atoms with Gasteiger partial charge in [-0.2, -0.15) is 0 Å². The molecule has 0 aromatic carbocycles. The minimum Gasteiger partial charge on any atom is -0.548 e. The number of aliphatic carboxylic acids is 2. The number of unbranched alkanes of at least 4 members (excludes halogenated alkanes) is 17. The van der Waals surface area contributed by atoms with Gasteiger partial charge in [0.2, 0.25) is 17.7 Å². The van der Waals surface area contributed by atoms with E-state index in [2.05, 4.69) is 19.2 Å². The molecule has 0 aliphatic rings. The number of amides is 3. The van der Waals surface area contributed by atoms with E-state index in [-0.39, 0.29) is 55.2 Å². The van der Waals surface area contributed by atoms with Gasteiger partial charge in [0.1, 0.15) is 6.04 Å². The molecule has 0 fully saturated rings. The zero-order valence-corrected chi connectivity index (χ0v) is 31.5. The first-order chi connectivity index (χ1) is 21.7. The van der Waals surface area contributed by atoms with E-state index in [9.17, 15) is 34.2 Å². The number of carboxylic acids is 2. The Morgan fingerprint density at radius 3 is 1.41 bits per heavy atom. The van der Waals surface area contributed by atoms with Gasteiger partial charge in [-0.25, -0.2) is 0 Å². The van der Waals surface area contributed by atoms with Crippen LogP contribution in [0.2, 0.25) is 0 Å². The predicted octanol–water partition coefficient (Wildman–Crippen LogP) is 2.78. The summed E-state index contributed by atoms with van der Waals surface area (Å²) in [4.78, 5) is 64.6. The van der Waals surface area contributed by atoms with Gasteiger partial charge in [-0.15, -0.1) is 0 Å². The number of hydrogen-bond acceptors (Lipinski definition) is 7. The third-order valence-corrected chi connectivity index (χ3v) is 8.32. The standard InChI is InChI=1S/C35H65N3O7.Na/c1-3-5-7-9-11-13-15-17-19-24-31(39)38(32(40)25-20-18-16-14-12-10-8-6-4-2)30(26-27-33(41)42)34(43)37-29(35(44)45)23-21-22-28-36;/h29-30H,3-28,36H2,1-2H3,(H,37,43)(H,41,42)(H,44,45);/q;+1/p-1/t29-,30-;/m0./s1. The smallest absolute Gasteiger partial charge is 0.548 e. The van der Waals surface area contributed by atoms with E-state index in [1.54, 1.807) is 0 Å². The average molecular weight is 662 g/mol. The molecule has 4 N–H and O–H groups in total. The Kier molecular flexibility index (Phi) is 32.5. The molecule has 11 heteroatoms. The summed E-state index contributed by atoms with van der Waals surface area (Å²) >= 11 is 0. The molecule has 0 saturated heterocycles. The number of nitrogens with zero attached hydrogens (tertiary/aromatic N) is 1. The van der Waals surface area contributed by atoms with E-state index in [4.69, 9.17) is 5.73 Å². The van der Waals surface area contributed by atoms with Gasteiger partial charge in [-0.1, -0.05) is 117 Å². The quantitative estimate of drug-likeness (QED) is 0.0753. The van der Waals surface area contributed by atoms with Crippen molar-refractivity contribution in [3.63, 3.8) is 0 Å². The fraction of sp³-hybridized carbons (Fsp3) is 0.857. The molecule has 0 rings (SSSR count). The summed E-state index contributed by atoms with van der Waals surface area (Å²) < 4.78 is 0. The summed E-state index contributed by atoms with van der Waals surface area (Å²) in [5, 5.41) is 23.5. The SMILES string of the molecule is CCCCCCCCCCCC(=O)N(C(=O)CCCCCCCCCCC)[C@@H](CCC(=O)O)C(=O)N[C@@H](CCCCN)C(=O)[O-].[Na+]. The van der Waals surface area contributed by atoms with Crippen molar-refractivity contribution in [3.8, 4) is 0 Å². The first-order valence-electron chi connectivity index (χ1n) is 18.0. The Hall–Kier alpha value is -1.49. The zero-order valence-electron chi connectivity index (χ0n) is 29.5. The first-order valence-corrected chi connectivity index (χ1v) is 18.0. The van der Waals surface area contributed by atoms with Crippen LogP contribution in [0.4, 0.5) is 0 Å². The molecule has 0 saturated carbocycles.